The zero-order valence-electron chi connectivity index (χ0n) is 10.9. The molecular weight excluding hydrogens is 301 g/mol. The van der Waals surface area contributed by atoms with Crippen molar-refractivity contribution in [2.45, 2.75) is 24.5 Å². The van der Waals surface area contributed by atoms with Crippen LogP contribution in [-0.2, 0) is 0 Å². The molecule has 0 heterocycles. The van der Waals surface area contributed by atoms with E-state index < -0.39 is 30.2 Å². The van der Waals surface area contributed by atoms with E-state index in [9.17, 15) is 32.2 Å². The molecule has 21 heavy (non-hydrogen) atoms. The molecule has 3 N–H and O–H groups in total. The highest BCUT2D eigenvalue weighted by molar-refractivity contribution is 5.29. The van der Waals surface area contributed by atoms with Gasteiger partial charge in [0, 0.05) is 6.54 Å². The minimum atomic E-state index is -5.83. The predicted molar refractivity (Wildman–Crippen MR) is 63.0 cm³/mol. The molecular formula is C12H14F5NO3. The summed E-state index contributed by atoms with van der Waals surface area (Å²) in [5, 5.41) is 21.9. The number of rotatable bonds is 6. The van der Waals surface area contributed by atoms with Gasteiger partial charge in [-0.15, -0.1) is 0 Å². The Bertz CT molecular complexity index is 449. The number of likely N-dealkylation sites (N-methyl/N-ethyl adjacent to an activating group) is 1. The van der Waals surface area contributed by atoms with Crippen molar-refractivity contribution in [2.75, 3.05) is 13.6 Å². The van der Waals surface area contributed by atoms with Crippen LogP contribution >= 0.6 is 0 Å². The quantitative estimate of drug-likeness (QED) is 0.701. The second kappa shape index (κ2) is 6.54. The highest BCUT2D eigenvalue weighted by Crippen LogP contribution is 2.37. The molecule has 9 heteroatoms. The normalized spacial score (nSPS) is 15.6. The van der Waals surface area contributed by atoms with Crippen LogP contribution in [0.25, 0.3) is 0 Å². The lowest BCUT2D eigenvalue weighted by molar-refractivity contribution is -0.360. The number of halogens is 5. The van der Waals surface area contributed by atoms with Crippen LogP contribution in [0.1, 0.15) is 11.7 Å². The Morgan fingerprint density at radius 2 is 1.62 bits per heavy atom. The zero-order valence-corrected chi connectivity index (χ0v) is 10.9. The fraction of sp³-hybridized carbons (Fsp3) is 0.500. The molecule has 1 aromatic rings. The summed E-state index contributed by atoms with van der Waals surface area (Å²) in [6.07, 6.45) is -13.6. The predicted octanol–water partition coefficient (Wildman–Crippen LogP) is 1.83. The summed E-state index contributed by atoms with van der Waals surface area (Å²) in [4.78, 5) is 0. The smallest absolute Gasteiger partial charge is 0.426 e. The molecule has 0 saturated heterocycles. The van der Waals surface area contributed by atoms with E-state index in [-0.39, 0.29) is 12.1 Å². The molecule has 0 amide bonds. The summed E-state index contributed by atoms with van der Waals surface area (Å²) in [7, 11) is 1.55. The zero-order chi connectivity index (χ0) is 16.3. The third-order valence-electron chi connectivity index (χ3n) is 2.58. The summed E-state index contributed by atoms with van der Waals surface area (Å²) in [6, 6.07) is 3.88. The summed E-state index contributed by atoms with van der Waals surface area (Å²) in [5.74, 6) is -0.712. The summed E-state index contributed by atoms with van der Waals surface area (Å²) >= 11 is 0. The maximum atomic E-state index is 12.7. The number of aliphatic hydroxyl groups excluding tert-OH is 2. The van der Waals surface area contributed by atoms with Crippen molar-refractivity contribution in [3.05, 3.63) is 29.8 Å². The van der Waals surface area contributed by atoms with E-state index in [1.807, 2.05) is 0 Å². The van der Waals surface area contributed by atoms with Crippen LogP contribution < -0.4 is 10.1 Å². The van der Waals surface area contributed by atoms with Gasteiger partial charge in [-0.2, -0.15) is 22.0 Å². The van der Waals surface area contributed by atoms with Gasteiger partial charge in [-0.3, -0.25) is 0 Å². The fourth-order valence-electron chi connectivity index (χ4n) is 1.48. The lowest BCUT2D eigenvalue weighted by Crippen LogP contribution is -2.41. The van der Waals surface area contributed by atoms with Crippen LogP contribution in [-0.4, -0.2) is 42.2 Å². The standard InChI is InChI=1S/C12H14F5NO3/c1-18-6-9(19)10(20)7-2-4-8(5-3-7)21-12(16,17)11(13,14)15/h2-5,9-10,18-20H,6H2,1H3. The fourth-order valence-corrected chi connectivity index (χ4v) is 1.48. The number of benzene rings is 1. The molecule has 2 unspecified atom stereocenters. The SMILES string of the molecule is CNCC(O)C(O)c1ccc(OC(F)(F)C(F)(F)F)cc1. The molecule has 1 rings (SSSR count). The Morgan fingerprint density at radius 1 is 1.10 bits per heavy atom. The second-order valence-corrected chi connectivity index (χ2v) is 4.26. The molecule has 0 spiro atoms. The van der Waals surface area contributed by atoms with Gasteiger partial charge in [-0.25, -0.2) is 0 Å². The van der Waals surface area contributed by atoms with E-state index in [0.29, 0.717) is 0 Å². The second-order valence-electron chi connectivity index (χ2n) is 4.26. The number of hydrogen-bond acceptors (Lipinski definition) is 4. The van der Waals surface area contributed by atoms with Gasteiger partial charge in [0.25, 0.3) is 0 Å². The van der Waals surface area contributed by atoms with Crippen LogP contribution in [0.15, 0.2) is 24.3 Å². The number of nitrogens with one attached hydrogen (secondary N) is 1. The van der Waals surface area contributed by atoms with E-state index >= 15 is 0 Å². The van der Waals surface area contributed by atoms with Gasteiger partial charge >= 0.3 is 12.3 Å². The number of alkyl halides is 5. The van der Waals surface area contributed by atoms with Gasteiger partial charge in [-0.05, 0) is 24.7 Å². The van der Waals surface area contributed by atoms with E-state index in [4.69, 9.17) is 0 Å². The van der Waals surface area contributed by atoms with Gasteiger partial charge in [0.15, 0.2) is 0 Å². The first kappa shape index (κ1) is 17.6. The minimum Gasteiger partial charge on any atom is -0.426 e. The van der Waals surface area contributed by atoms with Crippen LogP contribution in [0.2, 0.25) is 0 Å². The molecule has 0 aliphatic rings. The molecule has 0 aromatic heterocycles. The Kier molecular flexibility index (Phi) is 5.48. The largest absolute Gasteiger partial charge is 0.499 e. The average molecular weight is 315 g/mol. The van der Waals surface area contributed by atoms with Crippen molar-refractivity contribution >= 4 is 0 Å². The molecule has 0 fully saturated rings. The molecule has 0 saturated carbocycles. The lowest BCUT2D eigenvalue weighted by Gasteiger charge is -2.21. The molecule has 2 atom stereocenters. The van der Waals surface area contributed by atoms with E-state index in [1.54, 1.807) is 7.05 Å². The van der Waals surface area contributed by atoms with Gasteiger partial charge in [0.2, 0.25) is 0 Å². The Morgan fingerprint density at radius 3 is 2.05 bits per heavy atom. The maximum absolute atomic E-state index is 12.7. The van der Waals surface area contributed by atoms with Crippen LogP contribution in [0.3, 0.4) is 0 Å². The Hall–Kier alpha value is -1.45. The maximum Gasteiger partial charge on any atom is 0.499 e. The summed E-state index contributed by atoms with van der Waals surface area (Å²) in [6.45, 7) is 0.0750. The first-order valence-corrected chi connectivity index (χ1v) is 5.82. The molecule has 0 radical (unpaired) electrons. The van der Waals surface area contributed by atoms with Gasteiger partial charge < -0.3 is 20.3 Å². The average Bonchev–Trinajstić information content (AvgIpc) is 2.37. The molecule has 0 aliphatic heterocycles. The van der Waals surface area contributed by atoms with Gasteiger partial charge in [0.1, 0.15) is 11.9 Å². The van der Waals surface area contributed by atoms with E-state index in [0.717, 1.165) is 24.3 Å². The molecule has 4 nitrogen and oxygen atoms in total. The lowest BCUT2D eigenvalue weighted by atomic mass is 10.0. The number of aliphatic hydroxyl groups is 2. The van der Waals surface area contributed by atoms with Gasteiger partial charge in [0.05, 0.1) is 6.10 Å². The Balaban J connectivity index is 2.79. The molecule has 120 valence electrons. The van der Waals surface area contributed by atoms with Crippen LogP contribution in [0.5, 0.6) is 5.75 Å². The van der Waals surface area contributed by atoms with Gasteiger partial charge in [-0.1, -0.05) is 12.1 Å². The van der Waals surface area contributed by atoms with E-state index in [2.05, 4.69) is 10.1 Å². The van der Waals surface area contributed by atoms with E-state index in [1.165, 1.54) is 0 Å². The highest BCUT2D eigenvalue weighted by Gasteiger charge is 2.61. The summed E-state index contributed by atoms with van der Waals surface area (Å²) < 4.78 is 64.8. The molecule has 1 aromatic carbocycles. The van der Waals surface area contributed by atoms with Crippen molar-refractivity contribution in [3.8, 4) is 5.75 Å². The van der Waals surface area contributed by atoms with Crippen molar-refractivity contribution in [1.29, 1.82) is 0 Å². The van der Waals surface area contributed by atoms with Crippen LogP contribution in [0.4, 0.5) is 22.0 Å². The van der Waals surface area contributed by atoms with Crippen molar-refractivity contribution in [1.82, 2.24) is 5.32 Å². The van der Waals surface area contributed by atoms with Crippen LogP contribution in [0, 0.1) is 0 Å². The first-order chi connectivity index (χ1) is 9.58. The molecule has 0 bridgehead atoms. The highest BCUT2D eigenvalue weighted by atomic mass is 19.4. The minimum absolute atomic E-state index is 0.0750. The summed E-state index contributed by atoms with van der Waals surface area (Å²) in [5.41, 5.74) is 0.153. The van der Waals surface area contributed by atoms with Crippen molar-refractivity contribution in [3.63, 3.8) is 0 Å². The number of ether oxygens (including phenoxy) is 1. The molecule has 0 aliphatic carbocycles. The number of hydrogen-bond donors (Lipinski definition) is 3. The topological polar surface area (TPSA) is 61.7 Å². The monoisotopic (exact) mass is 315 g/mol. The van der Waals surface area contributed by atoms with Crippen molar-refractivity contribution in [2.24, 2.45) is 0 Å². The Labute approximate surface area is 117 Å². The van der Waals surface area contributed by atoms with Crippen molar-refractivity contribution < 1.29 is 36.9 Å². The third-order valence-corrected chi connectivity index (χ3v) is 2.58. The third kappa shape index (κ3) is 4.51. The first-order valence-electron chi connectivity index (χ1n) is 5.82.